The van der Waals surface area contributed by atoms with Gasteiger partial charge in [-0.2, -0.15) is 0 Å². The predicted octanol–water partition coefficient (Wildman–Crippen LogP) is 0.801. The van der Waals surface area contributed by atoms with Crippen molar-refractivity contribution in [1.29, 1.82) is 0 Å². The lowest BCUT2D eigenvalue weighted by Gasteiger charge is -2.37. The second-order valence-electron chi connectivity index (χ2n) is 4.09. The first-order chi connectivity index (χ1) is 7.28. The van der Waals surface area contributed by atoms with E-state index in [-0.39, 0.29) is 11.2 Å². The number of piperidine rings is 1. The number of nitrogens with two attached hydrogens (primary N) is 1. The van der Waals surface area contributed by atoms with Gasteiger partial charge in [0.25, 0.3) is 0 Å². The van der Waals surface area contributed by atoms with E-state index in [0.29, 0.717) is 6.54 Å². The minimum absolute atomic E-state index is 0.196. The second-order valence-corrected chi connectivity index (χ2v) is 4.09. The largest absolute Gasteiger partial charge is 0.330 e. The Morgan fingerprint density at radius 1 is 1.47 bits per heavy atom. The van der Waals surface area contributed by atoms with Crippen molar-refractivity contribution >= 4 is 0 Å². The monoisotopic (exact) mass is 209 g/mol. The van der Waals surface area contributed by atoms with E-state index in [1.807, 2.05) is 0 Å². The number of hydrogen-bond acceptors (Lipinski definition) is 3. The molecule has 2 rings (SSSR count). The standard InChI is InChI=1S/C11H16FN3/c12-10-7-15-4-1-9(10)11(8-13)2-5-14-6-3-11/h1,4,7,14H,2-3,5-6,8,13H2. The fourth-order valence-corrected chi connectivity index (χ4v) is 2.29. The number of nitrogens with zero attached hydrogens (tertiary/aromatic N) is 1. The lowest BCUT2D eigenvalue weighted by atomic mass is 9.73. The van der Waals surface area contributed by atoms with Gasteiger partial charge in [-0.1, -0.05) is 0 Å². The zero-order valence-electron chi connectivity index (χ0n) is 8.67. The average Bonchev–Trinajstić information content (AvgIpc) is 2.30. The van der Waals surface area contributed by atoms with Gasteiger partial charge in [0.15, 0.2) is 0 Å². The summed E-state index contributed by atoms with van der Waals surface area (Å²) in [5.41, 5.74) is 6.35. The third-order valence-corrected chi connectivity index (χ3v) is 3.30. The molecule has 2 heterocycles. The topological polar surface area (TPSA) is 50.9 Å². The third-order valence-electron chi connectivity index (χ3n) is 3.30. The second kappa shape index (κ2) is 4.24. The van der Waals surface area contributed by atoms with Crippen molar-refractivity contribution in [3.8, 4) is 0 Å². The van der Waals surface area contributed by atoms with Gasteiger partial charge < -0.3 is 11.1 Å². The Morgan fingerprint density at radius 2 is 2.20 bits per heavy atom. The molecule has 0 spiro atoms. The third kappa shape index (κ3) is 1.87. The zero-order valence-corrected chi connectivity index (χ0v) is 8.67. The molecule has 15 heavy (non-hydrogen) atoms. The average molecular weight is 209 g/mol. The number of nitrogens with one attached hydrogen (secondary N) is 1. The van der Waals surface area contributed by atoms with Crippen LogP contribution in [-0.4, -0.2) is 24.6 Å². The van der Waals surface area contributed by atoms with Crippen LogP contribution in [0.5, 0.6) is 0 Å². The highest BCUT2D eigenvalue weighted by atomic mass is 19.1. The van der Waals surface area contributed by atoms with Gasteiger partial charge in [-0.15, -0.1) is 0 Å². The van der Waals surface area contributed by atoms with E-state index in [2.05, 4.69) is 10.3 Å². The summed E-state index contributed by atoms with van der Waals surface area (Å²) in [4.78, 5) is 3.77. The minimum atomic E-state index is -0.232. The van der Waals surface area contributed by atoms with Crippen LogP contribution in [0.3, 0.4) is 0 Å². The molecular weight excluding hydrogens is 193 g/mol. The molecule has 4 heteroatoms. The molecule has 0 radical (unpaired) electrons. The van der Waals surface area contributed by atoms with Crippen molar-refractivity contribution in [3.63, 3.8) is 0 Å². The van der Waals surface area contributed by atoms with Gasteiger partial charge in [-0.25, -0.2) is 4.39 Å². The summed E-state index contributed by atoms with van der Waals surface area (Å²) < 4.78 is 13.7. The summed E-state index contributed by atoms with van der Waals surface area (Å²) >= 11 is 0. The van der Waals surface area contributed by atoms with Gasteiger partial charge in [-0.05, 0) is 37.6 Å². The lowest BCUT2D eigenvalue weighted by molar-refractivity contribution is 0.305. The van der Waals surface area contributed by atoms with Crippen molar-refractivity contribution < 1.29 is 4.39 Å². The van der Waals surface area contributed by atoms with Crippen LogP contribution in [0.1, 0.15) is 18.4 Å². The first-order valence-electron chi connectivity index (χ1n) is 5.29. The minimum Gasteiger partial charge on any atom is -0.330 e. The molecule has 82 valence electrons. The Bertz CT molecular complexity index is 334. The van der Waals surface area contributed by atoms with Crippen LogP contribution in [0.25, 0.3) is 0 Å². The van der Waals surface area contributed by atoms with Crippen LogP contribution < -0.4 is 11.1 Å². The number of rotatable bonds is 2. The fourth-order valence-electron chi connectivity index (χ4n) is 2.29. The maximum absolute atomic E-state index is 13.7. The summed E-state index contributed by atoms with van der Waals surface area (Å²) in [7, 11) is 0. The Labute approximate surface area is 88.9 Å². The maximum atomic E-state index is 13.7. The SMILES string of the molecule is NCC1(c2ccncc2F)CCNCC1. The van der Waals surface area contributed by atoms with Crippen LogP contribution in [-0.2, 0) is 5.41 Å². The molecule has 1 aromatic heterocycles. The van der Waals surface area contributed by atoms with E-state index in [1.54, 1.807) is 12.3 Å². The summed E-state index contributed by atoms with van der Waals surface area (Å²) in [5.74, 6) is -0.232. The molecule has 1 fully saturated rings. The normalized spacial score (nSPS) is 20.1. The van der Waals surface area contributed by atoms with Gasteiger partial charge in [0.05, 0.1) is 6.20 Å². The van der Waals surface area contributed by atoms with Gasteiger partial charge in [0.1, 0.15) is 5.82 Å². The Kier molecular flexibility index (Phi) is 2.98. The highest BCUT2D eigenvalue weighted by Crippen LogP contribution is 2.33. The maximum Gasteiger partial charge on any atom is 0.145 e. The highest BCUT2D eigenvalue weighted by molar-refractivity contribution is 5.26. The number of hydrogen-bond donors (Lipinski definition) is 2. The van der Waals surface area contributed by atoms with E-state index in [9.17, 15) is 4.39 Å². The van der Waals surface area contributed by atoms with Crippen LogP contribution in [0.15, 0.2) is 18.5 Å². The molecule has 1 aliphatic heterocycles. The van der Waals surface area contributed by atoms with Crippen molar-refractivity contribution in [1.82, 2.24) is 10.3 Å². The summed E-state index contributed by atoms with van der Waals surface area (Å²) in [5, 5.41) is 3.27. The summed E-state index contributed by atoms with van der Waals surface area (Å²) in [6, 6.07) is 1.76. The highest BCUT2D eigenvalue weighted by Gasteiger charge is 2.34. The van der Waals surface area contributed by atoms with Crippen LogP contribution in [0.2, 0.25) is 0 Å². The molecule has 1 saturated heterocycles. The molecule has 0 aliphatic carbocycles. The predicted molar refractivity (Wildman–Crippen MR) is 57.0 cm³/mol. The molecule has 0 aromatic carbocycles. The quantitative estimate of drug-likeness (QED) is 0.757. The molecular formula is C11H16FN3. The van der Waals surface area contributed by atoms with Gasteiger partial charge in [0, 0.05) is 18.2 Å². The Balaban J connectivity index is 2.36. The van der Waals surface area contributed by atoms with E-state index in [4.69, 9.17) is 5.73 Å². The lowest BCUT2D eigenvalue weighted by Crippen LogP contribution is -2.45. The smallest absolute Gasteiger partial charge is 0.145 e. The summed E-state index contributed by atoms with van der Waals surface area (Å²) in [6.07, 6.45) is 4.70. The zero-order chi connectivity index (χ0) is 10.7. The Morgan fingerprint density at radius 3 is 2.80 bits per heavy atom. The molecule has 0 atom stereocenters. The van der Waals surface area contributed by atoms with Crippen LogP contribution in [0, 0.1) is 5.82 Å². The molecule has 1 aromatic rings. The number of halogens is 1. The molecule has 0 unspecified atom stereocenters. The molecule has 0 amide bonds. The number of pyridine rings is 1. The van der Waals surface area contributed by atoms with Gasteiger partial charge >= 0.3 is 0 Å². The molecule has 3 nitrogen and oxygen atoms in total. The van der Waals surface area contributed by atoms with E-state index < -0.39 is 0 Å². The van der Waals surface area contributed by atoms with E-state index >= 15 is 0 Å². The van der Waals surface area contributed by atoms with Gasteiger partial charge in [-0.3, -0.25) is 4.98 Å². The fraction of sp³-hybridized carbons (Fsp3) is 0.545. The van der Waals surface area contributed by atoms with Gasteiger partial charge in [0.2, 0.25) is 0 Å². The van der Waals surface area contributed by atoms with Crippen LogP contribution >= 0.6 is 0 Å². The molecule has 0 bridgehead atoms. The van der Waals surface area contributed by atoms with E-state index in [0.717, 1.165) is 31.5 Å². The molecule has 1 aliphatic rings. The summed E-state index contributed by atoms with van der Waals surface area (Å²) in [6.45, 7) is 2.30. The van der Waals surface area contributed by atoms with Crippen molar-refractivity contribution in [3.05, 3.63) is 29.8 Å². The molecule has 0 saturated carbocycles. The first-order valence-corrected chi connectivity index (χ1v) is 5.29. The van der Waals surface area contributed by atoms with Crippen LogP contribution in [0.4, 0.5) is 4.39 Å². The molecule has 3 N–H and O–H groups in total. The van der Waals surface area contributed by atoms with Crippen molar-refractivity contribution in [2.24, 2.45) is 5.73 Å². The number of aromatic nitrogens is 1. The van der Waals surface area contributed by atoms with Crippen molar-refractivity contribution in [2.45, 2.75) is 18.3 Å². The van der Waals surface area contributed by atoms with E-state index in [1.165, 1.54) is 6.20 Å². The Hall–Kier alpha value is -1.00. The van der Waals surface area contributed by atoms with Crippen molar-refractivity contribution in [2.75, 3.05) is 19.6 Å². The first kappa shape index (κ1) is 10.5.